The lowest BCUT2D eigenvalue weighted by Gasteiger charge is -2.17. The van der Waals surface area contributed by atoms with Crippen LogP contribution in [0, 0.1) is 0 Å². The normalized spacial score (nSPS) is 13.0. The molecule has 2 aromatic carbocycles. The van der Waals surface area contributed by atoms with Crippen molar-refractivity contribution in [2.45, 2.75) is 18.8 Å². The molecule has 0 radical (unpaired) electrons. The van der Waals surface area contributed by atoms with Crippen molar-refractivity contribution < 1.29 is 14.9 Å². The van der Waals surface area contributed by atoms with Gasteiger partial charge in [0.1, 0.15) is 18.5 Å². The van der Waals surface area contributed by atoms with Gasteiger partial charge in [-0.25, -0.2) is 0 Å². The lowest BCUT2D eigenvalue weighted by atomic mass is 10.0. The van der Waals surface area contributed by atoms with Crippen LogP contribution >= 0.6 is 0 Å². The third-order valence-electron chi connectivity index (χ3n) is 3.14. The summed E-state index contributed by atoms with van der Waals surface area (Å²) in [6.07, 6.45) is -2.29. The van der Waals surface area contributed by atoms with Crippen LogP contribution in [0.15, 0.2) is 59.7 Å². The van der Waals surface area contributed by atoms with E-state index in [2.05, 4.69) is 10.0 Å². The summed E-state index contributed by atoms with van der Waals surface area (Å²) in [6.45, 7) is 0.231. The SMILES string of the molecule is [N-]=[N+]=NCC(O)C(O)c1cccc(OCc2ccccc2)c1. The van der Waals surface area contributed by atoms with Gasteiger partial charge in [0.2, 0.25) is 0 Å². The van der Waals surface area contributed by atoms with E-state index >= 15 is 0 Å². The molecule has 0 aromatic heterocycles. The fourth-order valence-corrected chi connectivity index (χ4v) is 1.97. The van der Waals surface area contributed by atoms with Crippen LogP contribution in [0.2, 0.25) is 0 Å². The second-order valence-electron chi connectivity index (χ2n) is 4.77. The third-order valence-corrected chi connectivity index (χ3v) is 3.14. The highest BCUT2D eigenvalue weighted by atomic mass is 16.5. The van der Waals surface area contributed by atoms with Gasteiger partial charge in [0.25, 0.3) is 0 Å². The van der Waals surface area contributed by atoms with Gasteiger partial charge in [-0.3, -0.25) is 0 Å². The van der Waals surface area contributed by atoms with Crippen molar-refractivity contribution >= 4 is 0 Å². The number of benzene rings is 2. The molecular formula is C16H17N3O3. The van der Waals surface area contributed by atoms with E-state index in [1.54, 1.807) is 24.3 Å². The summed E-state index contributed by atoms with van der Waals surface area (Å²) in [5, 5.41) is 23.0. The number of azide groups is 1. The number of hydrogen-bond acceptors (Lipinski definition) is 4. The highest BCUT2D eigenvalue weighted by Gasteiger charge is 2.18. The van der Waals surface area contributed by atoms with Crippen LogP contribution in [-0.2, 0) is 6.61 Å². The second kappa shape index (κ2) is 8.05. The molecule has 114 valence electrons. The zero-order valence-electron chi connectivity index (χ0n) is 11.9. The molecule has 0 saturated heterocycles. The van der Waals surface area contributed by atoms with Gasteiger partial charge in [-0.15, -0.1) is 0 Å². The maximum Gasteiger partial charge on any atom is 0.120 e. The lowest BCUT2D eigenvalue weighted by Crippen LogP contribution is -2.21. The maximum absolute atomic E-state index is 10.0. The Kier molecular flexibility index (Phi) is 5.80. The number of rotatable bonds is 7. The molecule has 0 spiro atoms. The molecule has 0 aliphatic heterocycles. The molecule has 0 aliphatic rings. The molecule has 0 aliphatic carbocycles. The summed E-state index contributed by atoms with van der Waals surface area (Å²) in [5.41, 5.74) is 9.78. The van der Waals surface area contributed by atoms with Crippen molar-refractivity contribution in [1.82, 2.24) is 0 Å². The Hall–Kier alpha value is -2.53. The van der Waals surface area contributed by atoms with E-state index in [9.17, 15) is 10.2 Å². The molecule has 6 heteroatoms. The van der Waals surface area contributed by atoms with Crippen molar-refractivity contribution in [3.8, 4) is 5.75 Å². The monoisotopic (exact) mass is 299 g/mol. The maximum atomic E-state index is 10.0. The predicted molar refractivity (Wildman–Crippen MR) is 82.2 cm³/mol. The molecule has 2 rings (SSSR count). The first-order chi connectivity index (χ1) is 10.7. The van der Waals surface area contributed by atoms with Crippen molar-refractivity contribution in [3.63, 3.8) is 0 Å². The summed E-state index contributed by atoms with van der Waals surface area (Å²) in [6, 6.07) is 16.6. The highest BCUT2D eigenvalue weighted by Crippen LogP contribution is 2.22. The minimum atomic E-state index is -1.15. The zero-order valence-corrected chi connectivity index (χ0v) is 11.9. The van der Waals surface area contributed by atoms with Gasteiger partial charge in [0.05, 0.1) is 12.6 Å². The summed E-state index contributed by atoms with van der Waals surface area (Å²) >= 11 is 0. The minimum absolute atomic E-state index is 0.188. The van der Waals surface area contributed by atoms with Crippen LogP contribution in [0.5, 0.6) is 5.75 Å². The fourth-order valence-electron chi connectivity index (χ4n) is 1.97. The molecule has 6 nitrogen and oxygen atoms in total. The number of hydrogen-bond donors (Lipinski definition) is 2. The van der Waals surface area contributed by atoms with Crippen molar-refractivity contribution in [3.05, 3.63) is 76.2 Å². The molecule has 2 N–H and O–H groups in total. The molecule has 0 amide bonds. The zero-order chi connectivity index (χ0) is 15.8. The van der Waals surface area contributed by atoms with E-state index < -0.39 is 12.2 Å². The van der Waals surface area contributed by atoms with Crippen molar-refractivity contribution in [2.24, 2.45) is 5.11 Å². The van der Waals surface area contributed by atoms with Crippen LogP contribution in [0.4, 0.5) is 0 Å². The average molecular weight is 299 g/mol. The van der Waals surface area contributed by atoms with E-state index in [0.29, 0.717) is 17.9 Å². The Labute approximate surface area is 128 Å². The summed E-state index contributed by atoms with van der Waals surface area (Å²) in [5.74, 6) is 0.594. The topological polar surface area (TPSA) is 98.5 Å². The molecule has 2 aromatic rings. The van der Waals surface area contributed by atoms with E-state index in [0.717, 1.165) is 5.56 Å². The molecule has 0 bridgehead atoms. The van der Waals surface area contributed by atoms with Crippen molar-refractivity contribution in [2.75, 3.05) is 6.54 Å². The Morgan fingerprint density at radius 3 is 2.59 bits per heavy atom. The first-order valence-corrected chi connectivity index (χ1v) is 6.84. The highest BCUT2D eigenvalue weighted by molar-refractivity contribution is 5.30. The summed E-state index contributed by atoms with van der Waals surface area (Å²) < 4.78 is 5.67. The van der Waals surface area contributed by atoms with Crippen LogP contribution in [0.25, 0.3) is 10.4 Å². The van der Waals surface area contributed by atoms with Crippen LogP contribution in [-0.4, -0.2) is 22.9 Å². The summed E-state index contributed by atoms with van der Waals surface area (Å²) in [4.78, 5) is 2.56. The number of aliphatic hydroxyl groups is 2. The van der Waals surface area contributed by atoms with Gasteiger partial charge in [-0.1, -0.05) is 47.6 Å². The van der Waals surface area contributed by atoms with E-state index in [1.165, 1.54) is 0 Å². The first kappa shape index (κ1) is 15.9. The van der Waals surface area contributed by atoms with Gasteiger partial charge < -0.3 is 14.9 Å². The third kappa shape index (κ3) is 4.49. The fraction of sp³-hybridized carbons (Fsp3) is 0.250. The number of nitrogens with zero attached hydrogens (tertiary/aromatic N) is 3. The Balaban J connectivity index is 2.01. The van der Waals surface area contributed by atoms with Crippen LogP contribution in [0.3, 0.4) is 0 Å². The smallest absolute Gasteiger partial charge is 0.120 e. The molecule has 2 atom stereocenters. The largest absolute Gasteiger partial charge is 0.489 e. The van der Waals surface area contributed by atoms with Gasteiger partial charge in [0, 0.05) is 4.91 Å². The lowest BCUT2D eigenvalue weighted by molar-refractivity contribution is 0.0242. The Bertz CT molecular complexity index is 642. The van der Waals surface area contributed by atoms with Crippen LogP contribution < -0.4 is 4.74 Å². The molecular weight excluding hydrogens is 282 g/mol. The first-order valence-electron chi connectivity index (χ1n) is 6.84. The van der Waals surface area contributed by atoms with Gasteiger partial charge in [-0.05, 0) is 28.8 Å². The number of ether oxygens (including phenoxy) is 1. The van der Waals surface area contributed by atoms with E-state index in [1.807, 2.05) is 30.3 Å². The van der Waals surface area contributed by atoms with Crippen LogP contribution in [0.1, 0.15) is 17.2 Å². The standard InChI is InChI=1S/C16H17N3O3/c17-19-18-10-15(20)16(21)13-7-4-8-14(9-13)22-11-12-5-2-1-3-6-12/h1-9,15-16,20-21H,10-11H2. The number of aliphatic hydroxyl groups excluding tert-OH is 2. The Morgan fingerprint density at radius 1 is 1.09 bits per heavy atom. The molecule has 0 fully saturated rings. The Morgan fingerprint density at radius 2 is 1.86 bits per heavy atom. The van der Waals surface area contributed by atoms with Gasteiger partial charge >= 0.3 is 0 Å². The minimum Gasteiger partial charge on any atom is -0.489 e. The predicted octanol–water partition coefficient (Wildman–Crippen LogP) is 2.97. The van der Waals surface area contributed by atoms with Crippen molar-refractivity contribution in [1.29, 1.82) is 0 Å². The summed E-state index contributed by atoms with van der Waals surface area (Å²) in [7, 11) is 0. The second-order valence-corrected chi connectivity index (χ2v) is 4.77. The van der Waals surface area contributed by atoms with E-state index in [4.69, 9.17) is 10.3 Å². The molecule has 22 heavy (non-hydrogen) atoms. The van der Waals surface area contributed by atoms with E-state index in [-0.39, 0.29) is 6.54 Å². The van der Waals surface area contributed by atoms with Gasteiger partial charge in [-0.2, -0.15) is 0 Å². The average Bonchev–Trinajstić information content (AvgIpc) is 2.58. The molecule has 0 saturated carbocycles. The van der Waals surface area contributed by atoms with Gasteiger partial charge in [0.15, 0.2) is 0 Å². The molecule has 0 heterocycles. The quantitative estimate of drug-likeness (QED) is 0.467. The molecule has 2 unspecified atom stereocenters.